The molecule has 214 valence electrons. The average Bonchev–Trinajstić information content (AvgIpc) is 3.47. The first kappa shape index (κ1) is 28.1. The predicted octanol–water partition coefficient (Wildman–Crippen LogP) is 2.77. The number of anilines is 1. The SMILES string of the molecule is CCCNC(=O)[C@@H]1[C@H]2C(=O)N([C@@H](CO)Cc3ccccc3)C(C(=O)Nc3ccc(OC)cc3)C23CC(C)[C@@]1(C)O3. The highest BCUT2D eigenvalue weighted by atomic mass is 16.5. The fraction of sp³-hybridized carbons (Fsp3) is 0.516. The van der Waals surface area contributed by atoms with Gasteiger partial charge in [0, 0.05) is 12.2 Å². The normalized spacial score (nSPS) is 31.1. The van der Waals surface area contributed by atoms with Crippen LogP contribution in [0.15, 0.2) is 54.6 Å². The molecule has 1 spiro atoms. The Hall–Kier alpha value is -3.43. The van der Waals surface area contributed by atoms with Gasteiger partial charge in [0.2, 0.25) is 17.7 Å². The maximum Gasteiger partial charge on any atom is 0.250 e. The molecule has 3 fully saturated rings. The number of amides is 3. The van der Waals surface area contributed by atoms with E-state index >= 15 is 0 Å². The molecule has 3 saturated heterocycles. The van der Waals surface area contributed by atoms with Crippen LogP contribution in [0.3, 0.4) is 0 Å². The Balaban J connectivity index is 1.56. The summed E-state index contributed by atoms with van der Waals surface area (Å²) >= 11 is 0. The van der Waals surface area contributed by atoms with E-state index in [2.05, 4.69) is 10.6 Å². The molecule has 7 atom stereocenters. The van der Waals surface area contributed by atoms with Crippen LogP contribution in [0.1, 0.15) is 39.2 Å². The van der Waals surface area contributed by atoms with Gasteiger partial charge in [0.15, 0.2) is 0 Å². The van der Waals surface area contributed by atoms with Crippen molar-refractivity contribution >= 4 is 23.4 Å². The van der Waals surface area contributed by atoms with Gasteiger partial charge in [0.25, 0.3) is 0 Å². The zero-order valence-electron chi connectivity index (χ0n) is 23.6. The fourth-order valence-electron chi connectivity index (χ4n) is 7.15. The van der Waals surface area contributed by atoms with E-state index in [1.807, 2.05) is 51.1 Å². The lowest BCUT2D eigenvalue weighted by molar-refractivity contribution is -0.149. The number of nitrogens with one attached hydrogen (secondary N) is 2. The molecule has 9 nitrogen and oxygen atoms in total. The second-order valence-electron chi connectivity index (χ2n) is 11.5. The van der Waals surface area contributed by atoms with Crippen LogP contribution in [0.2, 0.25) is 0 Å². The Morgan fingerprint density at radius 3 is 2.48 bits per heavy atom. The van der Waals surface area contributed by atoms with Gasteiger partial charge in [-0.2, -0.15) is 0 Å². The van der Waals surface area contributed by atoms with Crippen molar-refractivity contribution in [3.63, 3.8) is 0 Å². The van der Waals surface area contributed by atoms with Crippen LogP contribution in [-0.2, 0) is 25.5 Å². The van der Waals surface area contributed by atoms with Crippen molar-refractivity contribution in [3.05, 3.63) is 60.2 Å². The second kappa shape index (κ2) is 10.9. The number of methoxy groups -OCH3 is 1. The maximum atomic E-state index is 14.4. The summed E-state index contributed by atoms with van der Waals surface area (Å²) in [5.41, 5.74) is -0.608. The number of aliphatic hydroxyl groups excluding tert-OH is 1. The third-order valence-corrected chi connectivity index (χ3v) is 9.11. The largest absolute Gasteiger partial charge is 0.497 e. The quantitative estimate of drug-likeness (QED) is 0.420. The zero-order valence-corrected chi connectivity index (χ0v) is 23.6. The highest BCUT2D eigenvalue weighted by molar-refractivity contribution is 6.04. The maximum absolute atomic E-state index is 14.4. The van der Waals surface area contributed by atoms with Crippen molar-refractivity contribution in [1.29, 1.82) is 0 Å². The van der Waals surface area contributed by atoms with Crippen molar-refractivity contribution < 1.29 is 29.0 Å². The first-order valence-electron chi connectivity index (χ1n) is 14.1. The number of benzene rings is 2. The van der Waals surface area contributed by atoms with Crippen LogP contribution in [0.5, 0.6) is 5.75 Å². The fourth-order valence-corrected chi connectivity index (χ4v) is 7.15. The Kier molecular flexibility index (Phi) is 7.63. The van der Waals surface area contributed by atoms with Crippen molar-refractivity contribution in [1.82, 2.24) is 10.2 Å². The minimum atomic E-state index is -1.19. The molecule has 2 bridgehead atoms. The number of carbonyl (C=O) groups is 3. The van der Waals surface area contributed by atoms with E-state index in [1.54, 1.807) is 31.4 Å². The lowest BCUT2D eigenvalue weighted by Gasteiger charge is -2.37. The molecule has 3 N–H and O–H groups in total. The standard InChI is InChI=1S/C31H39N3O6/c1-5-15-32-27(36)24-25-29(38)34(22(18-35)16-20-9-7-6-8-10-20)26(31(25)17-19(2)30(24,3)40-31)28(37)33-21-11-13-23(39-4)14-12-21/h6-14,19,22,24-26,35H,5,15-18H2,1-4H3,(H,32,36)(H,33,37)/t19?,22-,24+,25+,26?,30-,31?/m1/s1. The van der Waals surface area contributed by atoms with E-state index in [9.17, 15) is 19.5 Å². The van der Waals surface area contributed by atoms with Gasteiger partial charge >= 0.3 is 0 Å². The van der Waals surface area contributed by atoms with Crippen LogP contribution < -0.4 is 15.4 Å². The van der Waals surface area contributed by atoms with Gasteiger partial charge in [-0.15, -0.1) is 0 Å². The molecular weight excluding hydrogens is 510 g/mol. The average molecular weight is 550 g/mol. The number of hydrogen-bond donors (Lipinski definition) is 3. The summed E-state index contributed by atoms with van der Waals surface area (Å²) in [7, 11) is 1.57. The van der Waals surface area contributed by atoms with Gasteiger partial charge in [0.05, 0.1) is 37.2 Å². The summed E-state index contributed by atoms with van der Waals surface area (Å²) in [5, 5.41) is 16.5. The highest BCUT2D eigenvalue weighted by Crippen LogP contribution is 2.65. The van der Waals surface area contributed by atoms with Crippen molar-refractivity contribution in [3.8, 4) is 5.75 Å². The molecule has 3 unspecified atom stereocenters. The van der Waals surface area contributed by atoms with Crippen molar-refractivity contribution in [2.24, 2.45) is 17.8 Å². The summed E-state index contributed by atoms with van der Waals surface area (Å²) in [6.45, 7) is 6.04. The molecule has 2 aromatic rings. The van der Waals surface area contributed by atoms with E-state index in [4.69, 9.17) is 9.47 Å². The second-order valence-corrected chi connectivity index (χ2v) is 11.5. The zero-order chi connectivity index (χ0) is 28.7. The molecule has 9 heteroatoms. The van der Waals surface area contributed by atoms with E-state index in [0.717, 1.165) is 12.0 Å². The first-order valence-corrected chi connectivity index (χ1v) is 14.1. The number of nitrogens with zero attached hydrogens (tertiary/aromatic N) is 1. The predicted molar refractivity (Wildman–Crippen MR) is 150 cm³/mol. The lowest BCUT2D eigenvalue weighted by Crippen LogP contribution is -2.57. The summed E-state index contributed by atoms with van der Waals surface area (Å²) in [6.07, 6.45) is 1.58. The van der Waals surface area contributed by atoms with Gasteiger partial charge in [0.1, 0.15) is 17.4 Å². The summed E-state index contributed by atoms with van der Waals surface area (Å²) in [5.74, 6) is -1.94. The Morgan fingerprint density at radius 1 is 1.15 bits per heavy atom. The molecule has 0 saturated carbocycles. The topological polar surface area (TPSA) is 117 Å². The number of hydrogen-bond acceptors (Lipinski definition) is 6. The van der Waals surface area contributed by atoms with E-state index in [0.29, 0.717) is 30.8 Å². The van der Waals surface area contributed by atoms with Crippen molar-refractivity contribution in [2.75, 3.05) is 25.6 Å². The number of rotatable bonds is 10. The lowest BCUT2D eigenvalue weighted by atomic mass is 9.62. The first-order chi connectivity index (χ1) is 19.2. The van der Waals surface area contributed by atoms with E-state index in [-0.39, 0.29) is 24.3 Å². The third-order valence-electron chi connectivity index (χ3n) is 9.11. The monoisotopic (exact) mass is 549 g/mol. The minimum Gasteiger partial charge on any atom is -0.497 e. The van der Waals surface area contributed by atoms with E-state index in [1.165, 1.54) is 4.90 Å². The van der Waals surface area contributed by atoms with Crippen LogP contribution in [0.4, 0.5) is 5.69 Å². The van der Waals surface area contributed by atoms with Crippen molar-refractivity contribution in [2.45, 2.75) is 63.3 Å². The molecule has 2 aromatic carbocycles. The highest BCUT2D eigenvalue weighted by Gasteiger charge is 2.80. The molecule has 40 heavy (non-hydrogen) atoms. The molecule has 3 amide bonds. The molecule has 5 rings (SSSR count). The van der Waals surface area contributed by atoms with Gasteiger partial charge in [-0.05, 0) is 61.9 Å². The molecule has 0 aromatic heterocycles. The molecule has 3 aliphatic rings. The smallest absolute Gasteiger partial charge is 0.250 e. The van der Waals surface area contributed by atoms with Gasteiger partial charge in [-0.1, -0.05) is 44.2 Å². The Bertz CT molecular complexity index is 1250. The van der Waals surface area contributed by atoms with Gasteiger partial charge in [-0.25, -0.2) is 0 Å². The molecule has 3 aliphatic heterocycles. The third kappa shape index (κ3) is 4.45. The molecular formula is C31H39N3O6. The minimum absolute atomic E-state index is 0.0631. The van der Waals surface area contributed by atoms with Crippen LogP contribution in [0, 0.1) is 17.8 Å². The number of ether oxygens (including phenoxy) is 2. The Morgan fingerprint density at radius 2 is 1.85 bits per heavy atom. The number of aliphatic hydroxyl groups is 1. The van der Waals surface area contributed by atoms with Gasteiger partial charge < -0.3 is 30.1 Å². The number of carbonyl (C=O) groups excluding carboxylic acids is 3. The van der Waals surface area contributed by atoms with E-state index < -0.39 is 41.0 Å². The molecule has 3 heterocycles. The number of fused-ring (bicyclic) bond motifs is 1. The number of likely N-dealkylation sites (tertiary alicyclic amines) is 1. The Labute approximate surface area is 235 Å². The van der Waals surface area contributed by atoms with Crippen LogP contribution >= 0.6 is 0 Å². The van der Waals surface area contributed by atoms with Gasteiger partial charge in [-0.3, -0.25) is 14.4 Å². The molecule has 0 aliphatic carbocycles. The summed E-state index contributed by atoms with van der Waals surface area (Å²) in [4.78, 5) is 43.7. The molecule has 0 radical (unpaired) electrons. The summed E-state index contributed by atoms with van der Waals surface area (Å²) in [6, 6.07) is 14.8. The van der Waals surface area contributed by atoms with Crippen LogP contribution in [-0.4, -0.2) is 71.3 Å². The summed E-state index contributed by atoms with van der Waals surface area (Å²) < 4.78 is 12.0. The van der Waals surface area contributed by atoms with Crippen LogP contribution in [0.25, 0.3) is 0 Å².